The van der Waals surface area contributed by atoms with E-state index >= 15 is 0 Å². The van der Waals surface area contributed by atoms with Crippen LogP contribution in [0.25, 0.3) is 0 Å². The van der Waals surface area contributed by atoms with Crippen molar-refractivity contribution in [2.24, 2.45) is 0 Å². The highest BCUT2D eigenvalue weighted by atomic mass is 32.2. The summed E-state index contributed by atoms with van der Waals surface area (Å²) in [6.45, 7) is 4.03. The number of rotatable bonds is 2. The summed E-state index contributed by atoms with van der Waals surface area (Å²) in [5.41, 5.74) is 0.991. The summed E-state index contributed by atoms with van der Waals surface area (Å²) in [6, 6.07) is 7.38. The number of hydrogen-bond donors (Lipinski definition) is 0. The predicted octanol–water partition coefficient (Wildman–Crippen LogP) is 2.31. The van der Waals surface area contributed by atoms with Crippen LogP contribution in [0.5, 0.6) is 0 Å². The first-order valence-electron chi connectivity index (χ1n) is 6.07. The topological polar surface area (TPSA) is 37.1 Å². The Morgan fingerprint density at radius 1 is 1.29 bits per heavy atom. The number of piperidine rings is 1. The summed E-state index contributed by atoms with van der Waals surface area (Å²) in [6.07, 6.45) is 3.17. The highest BCUT2D eigenvalue weighted by molar-refractivity contribution is 7.89. The smallest absolute Gasteiger partial charge is 0.207 e. The van der Waals surface area contributed by atoms with Crippen LogP contribution in [0, 0.1) is 6.92 Å². The number of aryl methyl sites for hydroxylation is 1. The molecule has 17 heavy (non-hydrogen) atoms. The van der Waals surface area contributed by atoms with Crippen LogP contribution >= 0.6 is 0 Å². The van der Waals surface area contributed by atoms with E-state index in [1.54, 1.807) is 16.4 Å². The van der Waals surface area contributed by atoms with Crippen molar-refractivity contribution in [1.82, 2.24) is 4.31 Å². The second kappa shape index (κ2) is 3.33. The van der Waals surface area contributed by atoms with Gasteiger partial charge in [0.2, 0.25) is 10.0 Å². The van der Waals surface area contributed by atoms with E-state index in [1.165, 1.54) is 0 Å². The summed E-state index contributed by atoms with van der Waals surface area (Å²) in [7, 11) is -3.27. The Balaban J connectivity index is 1.96. The Bertz CT molecular complexity index is 549. The lowest BCUT2D eigenvalue weighted by atomic mass is 10.1. The summed E-state index contributed by atoms with van der Waals surface area (Å²) in [5, 5.41) is 0. The van der Waals surface area contributed by atoms with Crippen molar-refractivity contribution in [3.8, 4) is 0 Å². The second-order valence-corrected chi connectivity index (χ2v) is 7.19. The molecule has 1 aliphatic carbocycles. The third-order valence-corrected chi connectivity index (χ3v) is 6.23. The van der Waals surface area contributed by atoms with E-state index in [0.717, 1.165) is 24.8 Å². The Morgan fingerprint density at radius 2 is 1.94 bits per heavy atom. The molecule has 2 fully saturated rings. The van der Waals surface area contributed by atoms with E-state index in [-0.39, 0.29) is 11.6 Å². The summed E-state index contributed by atoms with van der Waals surface area (Å²) in [5.74, 6) is 0. The molecule has 0 bridgehead atoms. The highest BCUT2D eigenvalue weighted by Gasteiger charge is 2.67. The van der Waals surface area contributed by atoms with Gasteiger partial charge in [0, 0.05) is 6.04 Å². The van der Waals surface area contributed by atoms with Crippen LogP contribution in [0.1, 0.15) is 31.7 Å². The molecule has 3 atom stereocenters. The zero-order valence-electron chi connectivity index (χ0n) is 10.2. The van der Waals surface area contributed by atoms with Gasteiger partial charge in [0.05, 0.1) is 10.4 Å². The van der Waals surface area contributed by atoms with Crippen LogP contribution in [0.4, 0.5) is 0 Å². The lowest BCUT2D eigenvalue weighted by Crippen LogP contribution is -2.21. The van der Waals surface area contributed by atoms with Gasteiger partial charge < -0.3 is 0 Å². The van der Waals surface area contributed by atoms with Crippen LogP contribution < -0.4 is 0 Å². The maximum atomic E-state index is 12.5. The maximum Gasteiger partial charge on any atom is 0.243 e. The van der Waals surface area contributed by atoms with Crippen molar-refractivity contribution in [3.63, 3.8) is 0 Å². The third-order valence-electron chi connectivity index (χ3n) is 4.17. The van der Waals surface area contributed by atoms with Crippen molar-refractivity contribution in [1.29, 1.82) is 0 Å². The normalized spacial score (nSPS) is 35.6. The number of sulfonamides is 1. The van der Waals surface area contributed by atoms with Crippen LogP contribution in [0.3, 0.4) is 0 Å². The molecule has 4 heteroatoms. The molecule has 3 nitrogen and oxygen atoms in total. The van der Waals surface area contributed by atoms with Crippen LogP contribution in [-0.4, -0.2) is 24.3 Å². The Hall–Kier alpha value is -0.870. The zero-order chi connectivity index (χ0) is 12.3. The molecular formula is C13H17NO2S. The third kappa shape index (κ3) is 1.47. The molecule has 1 aliphatic heterocycles. The number of fused-ring (bicyclic) bond motifs is 1. The molecule has 0 N–H and O–H groups in total. The molecule has 0 aromatic heterocycles. The van der Waals surface area contributed by atoms with E-state index in [2.05, 4.69) is 6.92 Å². The maximum absolute atomic E-state index is 12.5. The van der Waals surface area contributed by atoms with Crippen molar-refractivity contribution in [2.75, 3.05) is 0 Å². The summed E-state index contributed by atoms with van der Waals surface area (Å²) >= 11 is 0. The van der Waals surface area contributed by atoms with Gasteiger partial charge in [-0.2, -0.15) is 4.31 Å². The second-order valence-electron chi connectivity index (χ2n) is 5.38. The average molecular weight is 251 g/mol. The Labute approximate surface area is 102 Å². The van der Waals surface area contributed by atoms with Gasteiger partial charge in [-0.25, -0.2) is 8.42 Å². The van der Waals surface area contributed by atoms with E-state index in [0.29, 0.717) is 4.90 Å². The largest absolute Gasteiger partial charge is 0.243 e. The molecule has 0 spiro atoms. The molecule has 1 aromatic rings. The Kier molecular flexibility index (Phi) is 2.20. The fourth-order valence-electron chi connectivity index (χ4n) is 3.09. The predicted molar refractivity (Wildman–Crippen MR) is 66.2 cm³/mol. The van der Waals surface area contributed by atoms with Crippen LogP contribution in [0.2, 0.25) is 0 Å². The average Bonchev–Trinajstić information content (AvgIpc) is 2.68. The fourth-order valence-corrected chi connectivity index (χ4v) is 5.18. The first-order chi connectivity index (χ1) is 7.96. The number of benzene rings is 1. The van der Waals surface area contributed by atoms with Gasteiger partial charge in [-0.15, -0.1) is 0 Å². The van der Waals surface area contributed by atoms with Gasteiger partial charge in [-0.05, 0) is 45.2 Å². The first kappa shape index (κ1) is 11.2. The molecular weight excluding hydrogens is 234 g/mol. The fraction of sp³-hybridized carbons (Fsp3) is 0.538. The minimum atomic E-state index is -3.27. The molecule has 3 rings (SSSR count). The van der Waals surface area contributed by atoms with Gasteiger partial charge in [-0.1, -0.05) is 17.7 Å². The van der Waals surface area contributed by atoms with Crippen LogP contribution in [-0.2, 0) is 10.0 Å². The zero-order valence-corrected chi connectivity index (χ0v) is 11.0. The van der Waals surface area contributed by atoms with Crippen molar-refractivity contribution in [3.05, 3.63) is 29.8 Å². The molecule has 1 saturated heterocycles. The summed E-state index contributed by atoms with van der Waals surface area (Å²) in [4.78, 5) is 0.429. The van der Waals surface area contributed by atoms with E-state index in [9.17, 15) is 8.42 Å². The quantitative estimate of drug-likeness (QED) is 0.756. The lowest BCUT2D eigenvalue weighted by Gasteiger charge is -2.13. The molecule has 1 aromatic carbocycles. The molecule has 2 aliphatic rings. The Morgan fingerprint density at radius 3 is 2.47 bits per heavy atom. The monoisotopic (exact) mass is 251 g/mol. The van der Waals surface area contributed by atoms with Crippen LogP contribution in [0.15, 0.2) is 29.2 Å². The van der Waals surface area contributed by atoms with E-state index < -0.39 is 10.0 Å². The summed E-state index contributed by atoms with van der Waals surface area (Å²) < 4.78 is 26.6. The highest BCUT2D eigenvalue weighted by Crippen LogP contribution is 2.55. The molecule has 92 valence electrons. The lowest BCUT2D eigenvalue weighted by molar-refractivity contribution is 0.475. The van der Waals surface area contributed by atoms with Gasteiger partial charge in [0.1, 0.15) is 0 Å². The number of nitrogens with zero attached hydrogens (tertiary/aromatic N) is 1. The van der Waals surface area contributed by atoms with Crippen molar-refractivity contribution < 1.29 is 8.42 Å². The van der Waals surface area contributed by atoms with Gasteiger partial charge in [-0.3, -0.25) is 0 Å². The first-order valence-corrected chi connectivity index (χ1v) is 7.51. The van der Waals surface area contributed by atoms with Crippen molar-refractivity contribution >= 4 is 10.0 Å². The minimum Gasteiger partial charge on any atom is -0.207 e. The van der Waals surface area contributed by atoms with Gasteiger partial charge in [0.15, 0.2) is 0 Å². The molecule has 1 heterocycles. The molecule has 0 amide bonds. The van der Waals surface area contributed by atoms with Gasteiger partial charge >= 0.3 is 0 Å². The SMILES string of the molecule is Cc1ccc(S(=O)(=O)N2[C@@H]3CCC[C@]32C)cc1. The molecule has 1 unspecified atom stereocenters. The molecule has 1 saturated carbocycles. The van der Waals surface area contributed by atoms with E-state index in [4.69, 9.17) is 0 Å². The number of hydrogen-bond acceptors (Lipinski definition) is 2. The standard InChI is InChI=1S/C13H17NO2S/c1-10-5-7-11(8-6-10)17(15,16)14-12-4-3-9-13(12,14)2/h5-8,12H,3-4,9H2,1-2H3/t12-,13-,14?/m1/s1. The van der Waals surface area contributed by atoms with E-state index in [1.807, 2.05) is 19.1 Å². The van der Waals surface area contributed by atoms with Gasteiger partial charge in [0.25, 0.3) is 0 Å². The molecule has 0 radical (unpaired) electrons. The van der Waals surface area contributed by atoms with Crippen molar-refractivity contribution in [2.45, 2.75) is 49.6 Å². The minimum absolute atomic E-state index is 0.0935.